The van der Waals surface area contributed by atoms with E-state index in [4.69, 9.17) is 9.47 Å². The molecule has 4 nitrogen and oxygen atoms in total. The summed E-state index contributed by atoms with van der Waals surface area (Å²) in [5, 5.41) is 1.38. The summed E-state index contributed by atoms with van der Waals surface area (Å²) in [5.74, 6) is -0.774. The summed E-state index contributed by atoms with van der Waals surface area (Å²) in [7, 11) is 0. The van der Waals surface area contributed by atoms with Crippen LogP contribution in [0.3, 0.4) is 0 Å². The monoisotopic (exact) mass is 356 g/mol. The van der Waals surface area contributed by atoms with E-state index in [0.717, 1.165) is 0 Å². The molecule has 0 spiro atoms. The minimum Gasteiger partial charge on any atom is -0.456 e. The molecule has 0 N–H and O–H groups in total. The van der Waals surface area contributed by atoms with E-state index in [1.165, 1.54) is 0 Å². The third-order valence-corrected chi connectivity index (χ3v) is 4.80. The Balaban J connectivity index is 2.46. The van der Waals surface area contributed by atoms with Crippen molar-refractivity contribution < 1.29 is 19.1 Å². The molecule has 0 saturated heterocycles. The molecule has 26 heavy (non-hydrogen) atoms. The molecule has 0 aliphatic heterocycles. The minimum atomic E-state index is -0.541. The molecule has 0 fully saturated rings. The van der Waals surface area contributed by atoms with E-state index in [0.29, 0.717) is 34.7 Å². The van der Waals surface area contributed by atoms with Crippen LogP contribution in [0.4, 0.5) is 0 Å². The van der Waals surface area contributed by atoms with Crippen LogP contribution in [0.1, 0.15) is 75.1 Å². The van der Waals surface area contributed by atoms with Crippen LogP contribution in [0.25, 0.3) is 10.8 Å². The molecular weight excluding hydrogens is 328 g/mol. The van der Waals surface area contributed by atoms with Gasteiger partial charge in [0.15, 0.2) is 0 Å². The van der Waals surface area contributed by atoms with E-state index >= 15 is 0 Å². The Labute approximate surface area is 155 Å². The summed E-state index contributed by atoms with van der Waals surface area (Å²) in [6.07, 6.45) is 1.43. The van der Waals surface area contributed by atoms with Crippen molar-refractivity contribution in [1.29, 1.82) is 0 Å². The first kappa shape index (κ1) is 20.0. The van der Waals surface area contributed by atoms with Gasteiger partial charge < -0.3 is 9.47 Å². The maximum absolute atomic E-state index is 12.7. The lowest BCUT2D eigenvalue weighted by Crippen LogP contribution is -2.28. The topological polar surface area (TPSA) is 52.6 Å². The van der Waals surface area contributed by atoms with E-state index in [9.17, 15) is 9.59 Å². The first-order chi connectivity index (χ1) is 12.1. The molecule has 0 saturated carbocycles. The summed E-state index contributed by atoms with van der Waals surface area (Å²) in [6.45, 7) is 11.5. The summed E-state index contributed by atoms with van der Waals surface area (Å²) in [5.41, 5.74) is -0.177. The highest BCUT2D eigenvalue weighted by atomic mass is 16.6. The zero-order valence-corrected chi connectivity index (χ0v) is 16.5. The number of fused-ring (bicyclic) bond motifs is 1. The smallest absolute Gasteiger partial charge is 0.339 e. The Hall–Kier alpha value is -2.36. The molecule has 2 aromatic rings. The fourth-order valence-electron chi connectivity index (χ4n) is 2.41. The van der Waals surface area contributed by atoms with Crippen molar-refractivity contribution in [3.8, 4) is 0 Å². The second-order valence-electron chi connectivity index (χ2n) is 7.71. The Bertz CT molecular complexity index is 750. The van der Waals surface area contributed by atoms with Crippen LogP contribution in [0.5, 0.6) is 0 Å². The quantitative estimate of drug-likeness (QED) is 0.639. The van der Waals surface area contributed by atoms with E-state index < -0.39 is 11.2 Å². The molecule has 2 rings (SSSR count). The lowest BCUT2D eigenvalue weighted by atomic mass is 9.98. The van der Waals surface area contributed by atoms with Gasteiger partial charge in [-0.15, -0.1) is 0 Å². The van der Waals surface area contributed by atoms with Crippen molar-refractivity contribution in [2.75, 3.05) is 0 Å². The zero-order chi connectivity index (χ0) is 19.5. The summed E-state index contributed by atoms with van der Waals surface area (Å²) in [4.78, 5) is 25.3. The maximum Gasteiger partial charge on any atom is 0.339 e. The average molecular weight is 356 g/mol. The van der Waals surface area contributed by atoms with Gasteiger partial charge in [-0.05, 0) is 63.4 Å². The number of esters is 2. The van der Waals surface area contributed by atoms with Gasteiger partial charge in [0.1, 0.15) is 11.2 Å². The number of hydrogen-bond acceptors (Lipinski definition) is 4. The second kappa shape index (κ2) is 7.48. The van der Waals surface area contributed by atoms with Crippen molar-refractivity contribution in [2.24, 2.45) is 0 Å². The SMILES string of the molecule is CCC(C)(C)OC(=O)c1ccc(C(=O)OC(C)(C)CC)c2ccccc12. The highest BCUT2D eigenvalue weighted by Crippen LogP contribution is 2.27. The summed E-state index contributed by atoms with van der Waals surface area (Å²) < 4.78 is 11.2. The van der Waals surface area contributed by atoms with Crippen LogP contribution < -0.4 is 0 Å². The second-order valence-corrected chi connectivity index (χ2v) is 7.71. The third-order valence-electron chi connectivity index (χ3n) is 4.80. The molecule has 140 valence electrons. The predicted octanol–water partition coefficient (Wildman–Crippen LogP) is 5.53. The molecule has 4 heteroatoms. The lowest BCUT2D eigenvalue weighted by molar-refractivity contribution is -0.00374. The van der Waals surface area contributed by atoms with E-state index in [1.54, 1.807) is 12.1 Å². The number of rotatable bonds is 6. The van der Waals surface area contributed by atoms with Crippen LogP contribution >= 0.6 is 0 Å². The van der Waals surface area contributed by atoms with E-state index in [2.05, 4.69) is 0 Å². The minimum absolute atomic E-state index is 0.387. The molecule has 0 unspecified atom stereocenters. The standard InChI is InChI=1S/C22H28O4/c1-7-21(3,4)25-19(23)17-13-14-18(16-12-10-9-11-15(16)17)20(24)26-22(5,6)8-2/h9-14H,7-8H2,1-6H3. The number of carbonyl (C=O) groups excluding carboxylic acids is 2. The highest BCUT2D eigenvalue weighted by molar-refractivity contribution is 6.11. The van der Waals surface area contributed by atoms with Crippen molar-refractivity contribution in [1.82, 2.24) is 0 Å². The van der Waals surface area contributed by atoms with Gasteiger partial charge in [-0.3, -0.25) is 0 Å². The van der Waals surface area contributed by atoms with Gasteiger partial charge in [-0.25, -0.2) is 9.59 Å². The van der Waals surface area contributed by atoms with Crippen LogP contribution in [-0.2, 0) is 9.47 Å². The molecule has 0 amide bonds. The number of hydrogen-bond donors (Lipinski definition) is 0. The van der Waals surface area contributed by atoms with Gasteiger partial charge in [0, 0.05) is 0 Å². The normalized spacial score (nSPS) is 12.1. The Morgan fingerprint density at radius 2 is 1.08 bits per heavy atom. The molecule has 0 bridgehead atoms. The van der Waals surface area contributed by atoms with Crippen molar-refractivity contribution in [3.63, 3.8) is 0 Å². The molecule has 0 atom stereocenters. The van der Waals surface area contributed by atoms with Gasteiger partial charge in [0.25, 0.3) is 0 Å². The molecular formula is C22H28O4. The van der Waals surface area contributed by atoms with Crippen molar-refractivity contribution in [2.45, 2.75) is 65.6 Å². The van der Waals surface area contributed by atoms with E-state index in [1.807, 2.05) is 65.8 Å². The number of ether oxygens (including phenoxy) is 2. The lowest BCUT2D eigenvalue weighted by Gasteiger charge is -2.25. The summed E-state index contributed by atoms with van der Waals surface area (Å²) in [6, 6.07) is 10.6. The maximum atomic E-state index is 12.7. The van der Waals surface area contributed by atoms with Gasteiger partial charge in [0.05, 0.1) is 11.1 Å². The Morgan fingerprint density at radius 1 is 0.731 bits per heavy atom. The third kappa shape index (κ3) is 4.43. The van der Waals surface area contributed by atoms with Gasteiger partial charge in [-0.1, -0.05) is 38.1 Å². The first-order valence-electron chi connectivity index (χ1n) is 9.08. The predicted molar refractivity (Wildman–Crippen MR) is 104 cm³/mol. The zero-order valence-electron chi connectivity index (χ0n) is 16.5. The van der Waals surface area contributed by atoms with Gasteiger partial charge in [0.2, 0.25) is 0 Å². The molecule has 0 aliphatic carbocycles. The van der Waals surface area contributed by atoms with Gasteiger partial charge >= 0.3 is 11.9 Å². The molecule has 0 heterocycles. The molecule has 0 radical (unpaired) electrons. The van der Waals surface area contributed by atoms with Gasteiger partial charge in [-0.2, -0.15) is 0 Å². The largest absolute Gasteiger partial charge is 0.456 e. The van der Waals surface area contributed by atoms with E-state index in [-0.39, 0.29) is 11.9 Å². The average Bonchev–Trinajstić information content (AvgIpc) is 2.59. The summed E-state index contributed by atoms with van der Waals surface area (Å²) >= 11 is 0. The fraction of sp³-hybridized carbons (Fsp3) is 0.455. The van der Waals surface area contributed by atoms with Crippen LogP contribution in [0.2, 0.25) is 0 Å². The molecule has 0 aliphatic rings. The van der Waals surface area contributed by atoms with Crippen LogP contribution in [0.15, 0.2) is 36.4 Å². The van der Waals surface area contributed by atoms with Crippen LogP contribution in [0, 0.1) is 0 Å². The van der Waals surface area contributed by atoms with Crippen molar-refractivity contribution in [3.05, 3.63) is 47.5 Å². The van der Waals surface area contributed by atoms with Crippen molar-refractivity contribution >= 4 is 22.7 Å². The molecule has 2 aromatic carbocycles. The Kier molecular flexibility index (Phi) is 5.74. The van der Waals surface area contributed by atoms with Crippen LogP contribution in [-0.4, -0.2) is 23.1 Å². The number of carbonyl (C=O) groups is 2. The highest BCUT2D eigenvalue weighted by Gasteiger charge is 2.26. The first-order valence-corrected chi connectivity index (χ1v) is 9.08. The fourth-order valence-corrected chi connectivity index (χ4v) is 2.41. The molecule has 0 aromatic heterocycles. The number of benzene rings is 2. The Morgan fingerprint density at radius 3 is 1.38 bits per heavy atom.